The highest BCUT2D eigenvalue weighted by molar-refractivity contribution is 5.94. The summed E-state index contributed by atoms with van der Waals surface area (Å²) in [5.41, 5.74) is 1.63. The molecule has 0 saturated carbocycles. The molecule has 22 heavy (non-hydrogen) atoms. The molecular formula is C16H24ClN3O2. The molecule has 0 radical (unpaired) electrons. The molecule has 1 aliphatic rings. The van der Waals surface area contributed by atoms with Crippen molar-refractivity contribution < 1.29 is 9.59 Å². The first-order valence-corrected chi connectivity index (χ1v) is 7.44. The fraction of sp³-hybridized carbons (Fsp3) is 0.500. The smallest absolute Gasteiger partial charge is 0.251 e. The normalized spacial score (nSPS) is 20.6. The Morgan fingerprint density at radius 1 is 1.27 bits per heavy atom. The van der Waals surface area contributed by atoms with Gasteiger partial charge in [-0.25, -0.2) is 0 Å². The third kappa shape index (κ3) is 5.31. The van der Waals surface area contributed by atoms with E-state index >= 15 is 0 Å². The molecule has 1 fully saturated rings. The maximum Gasteiger partial charge on any atom is 0.251 e. The molecule has 2 rings (SSSR count). The molecular weight excluding hydrogens is 302 g/mol. The van der Waals surface area contributed by atoms with E-state index in [4.69, 9.17) is 0 Å². The zero-order chi connectivity index (χ0) is 15.2. The number of carbonyl (C=O) groups excluding carboxylic acids is 2. The fourth-order valence-corrected chi connectivity index (χ4v) is 2.49. The molecule has 1 aliphatic heterocycles. The molecule has 0 spiro atoms. The third-order valence-electron chi connectivity index (χ3n) is 3.84. The summed E-state index contributed by atoms with van der Waals surface area (Å²) >= 11 is 0. The lowest BCUT2D eigenvalue weighted by atomic mass is 9.99. The van der Waals surface area contributed by atoms with Crippen molar-refractivity contribution in [3.8, 4) is 0 Å². The zero-order valence-electron chi connectivity index (χ0n) is 13.0. The van der Waals surface area contributed by atoms with E-state index in [1.807, 2.05) is 12.1 Å². The minimum Gasteiger partial charge on any atom is -0.352 e. The van der Waals surface area contributed by atoms with Crippen LogP contribution in [0.4, 0.5) is 0 Å². The second-order valence-corrected chi connectivity index (χ2v) is 5.57. The maximum absolute atomic E-state index is 12.2. The molecule has 3 N–H and O–H groups in total. The van der Waals surface area contributed by atoms with Gasteiger partial charge in [0, 0.05) is 31.1 Å². The molecule has 0 bridgehead atoms. The molecule has 0 aromatic heterocycles. The average Bonchev–Trinajstić information content (AvgIpc) is 2.48. The van der Waals surface area contributed by atoms with Crippen LogP contribution in [0.3, 0.4) is 0 Å². The monoisotopic (exact) mass is 325 g/mol. The predicted octanol–water partition coefficient (Wildman–Crippen LogP) is 1.61. The SMILES string of the molecule is CC(=O)NCc1ccc(C(=O)NC2CCCNC2C)cc1.Cl. The van der Waals surface area contributed by atoms with Gasteiger partial charge >= 0.3 is 0 Å². The number of amides is 2. The van der Waals surface area contributed by atoms with E-state index in [9.17, 15) is 9.59 Å². The first-order valence-electron chi connectivity index (χ1n) is 7.44. The number of halogens is 1. The van der Waals surface area contributed by atoms with Crippen LogP contribution in [0.25, 0.3) is 0 Å². The van der Waals surface area contributed by atoms with Gasteiger partial charge in [0.05, 0.1) is 0 Å². The second-order valence-electron chi connectivity index (χ2n) is 5.57. The van der Waals surface area contributed by atoms with Crippen molar-refractivity contribution in [1.29, 1.82) is 0 Å². The Hall–Kier alpha value is -1.59. The van der Waals surface area contributed by atoms with Gasteiger partial charge in [-0.15, -0.1) is 12.4 Å². The number of benzene rings is 1. The van der Waals surface area contributed by atoms with Crippen molar-refractivity contribution in [2.75, 3.05) is 6.54 Å². The number of piperidine rings is 1. The van der Waals surface area contributed by atoms with Crippen molar-refractivity contribution in [2.24, 2.45) is 0 Å². The largest absolute Gasteiger partial charge is 0.352 e. The summed E-state index contributed by atoms with van der Waals surface area (Å²) in [7, 11) is 0. The van der Waals surface area contributed by atoms with Crippen LogP contribution in [-0.4, -0.2) is 30.4 Å². The number of carbonyl (C=O) groups is 2. The minimum absolute atomic E-state index is 0. The summed E-state index contributed by atoms with van der Waals surface area (Å²) in [6.07, 6.45) is 2.10. The first kappa shape index (κ1) is 18.5. The van der Waals surface area contributed by atoms with E-state index < -0.39 is 0 Å². The van der Waals surface area contributed by atoms with E-state index in [0.717, 1.165) is 24.9 Å². The Bertz CT molecular complexity index is 505. The van der Waals surface area contributed by atoms with Gasteiger partial charge in [-0.05, 0) is 44.0 Å². The van der Waals surface area contributed by atoms with Crippen LogP contribution in [0.5, 0.6) is 0 Å². The molecule has 122 valence electrons. The van der Waals surface area contributed by atoms with Gasteiger partial charge in [0.1, 0.15) is 0 Å². The lowest BCUT2D eigenvalue weighted by molar-refractivity contribution is -0.119. The Morgan fingerprint density at radius 2 is 1.95 bits per heavy atom. The lowest BCUT2D eigenvalue weighted by Gasteiger charge is -2.30. The van der Waals surface area contributed by atoms with Gasteiger partial charge < -0.3 is 16.0 Å². The van der Waals surface area contributed by atoms with Crippen LogP contribution >= 0.6 is 12.4 Å². The summed E-state index contributed by atoms with van der Waals surface area (Å²) < 4.78 is 0. The minimum atomic E-state index is -0.0596. The van der Waals surface area contributed by atoms with E-state index in [-0.39, 0.29) is 30.3 Å². The Kier molecular flexibility index (Phi) is 7.35. The van der Waals surface area contributed by atoms with Crippen molar-refractivity contribution >= 4 is 24.2 Å². The molecule has 2 amide bonds. The Balaban J connectivity index is 0.00000242. The van der Waals surface area contributed by atoms with Crippen LogP contribution in [0.15, 0.2) is 24.3 Å². The van der Waals surface area contributed by atoms with Crippen molar-refractivity contribution in [1.82, 2.24) is 16.0 Å². The van der Waals surface area contributed by atoms with Crippen LogP contribution in [-0.2, 0) is 11.3 Å². The van der Waals surface area contributed by atoms with Crippen LogP contribution in [0.1, 0.15) is 42.6 Å². The number of hydrogen-bond donors (Lipinski definition) is 3. The summed E-state index contributed by atoms with van der Waals surface area (Å²) in [4.78, 5) is 23.1. The molecule has 1 aromatic rings. The fourth-order valence-electron chi connectivity index (χ4n) is 2.49. The van der Waals surface area contributed by atoms with Gasteiger partial charge in [0.15, 0.2) is 0 Å². The van der Waals surface area contributed by atoms with Gasteiger partial charge in [-0.2, -0.15) is 0 Å². The topological polar surface area (TPSA) is 70.2 Å². The third-order valence-corrected chi connectivity index (χ3v) is 3.84. The molecule has 0 aliphatic carbocycles. The van der Waals surface area contributed by atoms with Crippen molar-refractivity contribution in [3.63, 3.8) is 0 Å². The number of nitrogens with one attached hydrogen (secondary N) is 3. The van der Waals surface area contributed by atoms with E-state index in [2.05, 4.69) is 22.9 Å². The van der Waals surface area contributed by atoms with Crippen LogP contribution in [0, 0.1) is 0 Å². The van der Waals surface area contributed by atoms with E-state index in [0.29, 0.717) is 18.2 Å². The van der Waals surface area contributed by atoms with Crippen LogP contribution in [0.2, 0.25) is 0 Å². The van der Waals surface area contributed by atoms with Gasteiger partial charge in [0.25, 0.3) is 5.91 Å². The highest BCUT2D eigenvalue weighted by Gasteiger charge is 2.22. The molecule has 2 unspecified atom stereocenters. The first-order chi connectivity index (χ1) is 10.1. The number of rotatable bonds is 4. The lowest BCUT2D eigenvalue weighted by Crippen LogP contribution is -2.51. The predicted molar refractivity (Wildman–Crippen MR) is 89.2 cm³/mol. The molecule has 1 heterocycles. The molecule has 5 nitrogen and oxygen atoms in total. The maximum atomic E-state index is 12.2. The summed E-state index contributed by atoms with van der Waals surface area (Å²) in [6, 6.07) is 7.83. The van der Waals surface area contributed by atoms with Crippen molar-refractivity contribution in [3.05, 3.63) is 35.4 Å². The number of hydrogen-bond acceptors (Lipinski definition) is 3. The zero-order valence-corrected chi connectivity index (χ0v) is 13.8. The second kappa shape index (κ2) is 8.76. The summed E-state index contributed by atoms with van der Waals surface area (Å²) in [5, 5.41) is 9.19. The molecule has 1 aromatic carbocycles. The highest BCUT2D eigenvalue weighted by atomic mass is 35.5. The van der Waals surface area contributed by atoms with Gasteiger partial charge in [-0.1, -0.05) is 12.1 Å². The molecule has 1 saturated heterocycles. The van der Waals surface area contributed by atoms with Gasteiger partial charge in [0.2, 0.25) is 5.91 Å². The van der Waals surface area contributed by atoms with E-state index in [1.54, 1.807) is 12.1 Å². The van der Waals surface area contributed by atoms with E-state index in [1.165, 1.54) is 6.92 Å². The molecule has 6 heteroatoms. The highest BCUT2D eigenvalue weighted by Crippen LogP contribution is 2.10. The summed E-state index contributed by atoms with van der Waals surface area (Å²) in [5.74, 6) is -0.0998. The Labute approximate surface area is 137 Å². The quantitative estimate of drug-likeness (QED) is 0.787. The average molecular weight is 326 g/mol. The van der Waals surface area contributed by atoms with Gasteiger partial charge in [-0.3, -0.25) is 9.59 Å². The van der Waals surface area contributed by atoms with Crippen molar-refractivity contribution in [2.45, 2.75) is 45.3 Å². The summed E-state index contributed by atoms with van der Waals surface area (Å²) in [6.45, 7) is 5.09. The van der Waals surface area contributed by atoms with Crippen LogP contribution < -0.4 is 16.0 Å². The Morgan fingerprint density at radius 3 is 2.55 bits per heavy atom. The standard InChI is InChI=1S/C16H23N3O2.ClH/c1-11-15(4-3-9-17-11)19-16(21)14-7-5-13(6-8-14)10-18-12(2)20;/h5-8,11,15,17H,3-4,9-10H2,1-2H3,(H,18,20)(H,19,21);1H. The molecule has 2 atom stereocenters.